The van der Waals surface area contributed by atoms with Crippen molar-refractivity contribution in [1.29, 1.82) is 0 Å². The number of methoxy groups -OCH3 is 1. The van der Waals surface area contributed by atoms with Crippen LogP contribution in [0.15, 0.2) is 42.5 Å². The Labute approximate surface area is 162 Å². The molecule has 1 atom stereocenters. The normalized spacial score (nSPS) is 17.9. The molecule has 0 bridgehead atoms. The number of fused-ring (bicyclic) bond motifs is 2. The van der Waals surface area contributed by atoms with Gasteiger partial charge in [0.05, 0.1) is 12.9 Å². The molecule has 1 N–H and O–H groups in total. The number of benzene rings is 2. The minimum Gasteiger partial charge on any atom is -0.497 e. The van der Waals surface area contributed by atoms with Crippen LogP contribution in [-0.4, -0.2) is 35.1 Å². The SMILES string of the molecule is COc1ccc2c(c1)C1(CC1)CN(C(=O)Nc1ccccc1CS(C)=O)C2. The minimum atomic E-state index is -0.959. The Morgan fingerprint density at radius 1 is 1.26 bits per heavy atom. The smallest absolute Gasteiger partial charge is 0.322 e. The quantitative estimate of drug-likeness (QED) is 0.875. The first-order valence-electron chi connectivity index (χ1n) is 9.12. The molecular formula is C21H24N2O3S. The van der Waals surface area contributed by atoms with Crippen LogP contribution >= 0.6 is 0 Å². The van der Waals surface area contributed by atoms with Crippen LogP contribution in [0.5, 0.6) is 5.75 Å². The van der Waals surface area contributed by atoms with Gasteiger partial charge in [-0.1, -0.05) is 24.3 Å². The maximum absolute atomic E-state index is 13.0. The van der Waals surface area contributed by atoms with Gasteiger partial charge in [0.2, 0.25) is 0 Å². The zero-order chi connectivity index (χ0) is 19.0. The largest absolute Gasteiger partial charge is 0.497 e. The molecule has 1 spiro atoms. The van der Waals surface area contributed by atoms with Crippen molar-refractivity contribution < 1.29 is 13.7 Å². The van der Waals surface area contributed by atoms with Crippen LogP contribution in [0, 0.1) is 0 Å². The van der Waals surface area contributed by atoms with E-state index in [-0.39, 0.29) is 11.4 Å². The molecule has 2 amide bonds. The Hall–Kier alpha value is -2.34. The van der Waals surface area contributed by atoms with Crippen molar-refractivity contribution in [3.05, 3.63) is 59.2 Å². The molecule has 4 rings (SSSR count). The van der Waals surface area contributed by atoms with Crippen molar-refractivity contribution in [3.63, 3.8) is 0 Å². The Bertz CT molecular complexity index is 908. The summed E-state index contributed by atoms with van der Waals surface area (Å²) in [5.74, 6) is 1.31. The lowest BCUT2D eigenvalue weighted by atomic mass is 9.87. The summed E-state index contributed by atoms with van der Waals surface area (Å²) >= 11 is 0. The van der Waals surface area contributed by atoms with E-state index in [4.69, 9.17) is 4.74 Å². The van der Waals surface area contributed by atoms with Gasteiger partial charge in [0, 0.05) is 41.2 Å². The van der Waals surface area contributed by atoms with E-state index in [2.05, 4.69) is 17.4 Å². The first-order chi connectivity index (χ1) is 13.0. The van der Waals surface area contributed by atoms with Crippen LogP contribution in [0.1, 0.15) is 29.5 Å². The standard InChI is InChI=1S/C21H24N2O3S/c1-26-17-8-7-15-12-23(14-21(9-10-21)18(15)11-17)20(24)22-19-6-4-3-5-16(19)13-27(2)25/h3-8,11H,9-10,12-14H2,1-2H3,(H,22,24). The summed E-state index contributed by atoms with van der Waals surface area (Å²) in [6, 6.07) is 13.6. The van der Waals surface area contributed by atoms with Crippen molar-refractivity contribution in [3.8, 4) is 5.75 Å². The van der Waals surface area contributed by atoms with Gasteiger partial charge in [0.15, 0.2) is 0 Å². The molecule has 1 heterocycles. The molecule has 27 heavy (non-hydrogen) atoms. The van der Waals surface area contributed by atoms with Gasteiger partial charge in [-0.3, -0.25) is 4.21 Å². The molecule has 142 valence electrons. The van der Waals surface area contributed by atoms with E-state index in [0.29, 0.717) is 12.3 Å². The maximum Gasteiger partial charge on any atom is 0.322 e. The van der Waals surface area contributed by atoms with Crippen molar-refractivity contribution in [2.24, 2.45) is 0 Å². The third kappa shape index (κ3) is 3.58. The number of nitrogens with zero attached hydrogens (tertiary/aromatic N) is 1. The maximum atomic E-state index is 13.0. The molecule has 2 aliphatic rings. The molecular weight excluding hydrogens is 360 g/mol. The Morgan fingerprint density at radius 2 is 2.04 bits per heavy atom. The lowest BCUT2D eigenvalue weighted by molar-refractivity contribution is 0.197. The van der Waals surface area contributed by atoms with Crippen molar-refractivity contribution in [2.45, 2.75) is 30.6 Å². The fourth-order valence-corrected chi connectivity index (χ4v) is 4.62. The lowest BCUT2D eigenvalue weighted by Gasteiger charge is -2.35. The van der Waals surface area contributed by atoms with Gasteiger partial charge in [0.1, 0.15) is 5.75 Å². The van der Waals surface area contributed by atoms with Gasteiger partial charge in [-0.25, -0.2) is 4.79 Å². The summed E-state index contributed by atoms with van der Waals surface area (Å²) in [4.78, 5) is 14.9. The van der Waals surface area contributed by atoms with E-state index < -0.39 is 10.8 Å². The molecule has 1 aliphatic carbocycles. The molecule has 6 heteroatoms. The number of amides is 2. The summed E-state index contributed by atoms with van der Waals surface area (Å²) in [5, 5.41) is 3.03. The first kappa shape index (κ1) is 18.0. The number of carbonyl (C=O) groups excluding carboxylic acids is 1. The highest BCUT2D eigenvalue weighted by atomic mass is 32.2. The monoisotopic (exact) mass is 384 g/mol. The average molecular weight is 385 g/mol. The highest BCUT2D eigenvalue weighted by Gasteiger charge is 2.50. The number of anilines is 1. The Kier molecular flexibility index (Phi) is 4.68. The molecule has 1 unspecified atom stereocenters. The molecule has 5 nitrogen and oxygen atoms in total. The van der Waals surface area contributed by atoms with E-state index in [0.717, 1.165) is 36.4 Å². The van der Waals surface area contributed by atoms with Crippen molar-refractivity contribution in [1.82, 2.24) is 4.90 Å². The Morgan fingerprint density at radius 3 is 2.74 bits per heavy atom. The number of urea groups is 1. The van der Waals surface area contributed by atoms with E-state index in [1.807, 2.05) is 35.2 Å². The third-order valence-corrected chi connectivity index (χ3v) is 6.22. The predicted molar refractivity (Wildman–Crippen MR) is 108 cm³/mol. The molecule has 0 radical (unpaired) electrons. The number of ether oxygens (including phenoxy) is 1. The van der Waals surface area contributed by atoms with Crippen LogP contribution in [0.4, 0.5) is 10.5 Å². The fraction of sp³-hybridized carbons (Fsp3) is 0.381. The van der Waals surface area contributed by atoms with Crippen LogP contribution in [0.2, 0.25) is 0 Å². The third-order valence-electron chi connectivity index (χ3n) is 5.50. The number of hydrogen-bond donors (Lipinski definition) is 1. The van der Waals surface area contributed by atoms with Gasteiger partial charge >= 0.3 is 6.03 Å². The van der Waals surface area contributed by atoms with E-state index in [1.165, 1.54) is 11.1 Å². The Balaban J connectivity index is 1.55. The van der Waals surface area contributed by atoms with Gasteiger partial charge in [0.25, 0.3) is 0 Å². The minimum absolute atomic E-state index is 0.0733. The summed E-state index contributed by atoms with van der Waals surface area (Å²) in [7, 11) is 0.727. The summed E-state index contributed by atoms with van der Waals surface area (Å²) in [5.41, 5.74) is 4.23. The van der Waals surface area contributed by atoms with Crippen molar-refractivity contribution >= 4 is 22.5 Å². The molecule has 2 aromatic carbocycles. The van der Waals surface area contributed by atoms with Crippen LogP contribution in [0.25, 0.3) is 0 Å². The zero-order valence-electron chi connectivity index (χ0n) is 15.7. The number of carbonyl (C=O) groups is 1. The summed E-state index contributed by atoms with van der Waals surface area (Å²) in [6.07, 6.45) is 3.87. The van der Waals surface area contributed by atoms with Crippen LogP contribution < -0.4 is 10.1 Å². The van der Waals surface area contributed by atoms with E-state index in [9.17, 15) is 9.00 Å². The van der Waals surface area contributed by atoms with Crippen LogP contribution in [-0.2, 0) is 28.5 Å². The van der Waals surface area contributed by atoms with Gasteiger partial charge in [-0.15, -0.1) is 0 Å². The average Bonchev–Trinajstić information content (AvgIpc) is 3.42. The van der Waals surface area contributed by atoms with Gasteiger partial charge in [-0.05, 0) is 47.7 Å². The molecule has 0 saturated heterocycles. The summed E-state index contributed by atoms with van der Waals surface area (Å²) in [6.45, 7) is 1.32. The number of nitrogens with one attached hydrogen (secondary N) is 1. The number of para-hydroxylation sites is 1. The molecule has 0 aromatic heterocycles. The fourth-order valence-electron chi connectivity index (χ4n) is 3.93. The topological polar surface area (TPSA) is 58.6 Å². The zero-order valence-corrected chi connectivity index (χ0v) is 16.5. The van der Waals surface area contributed by atoms with Crippen molar-refractivity contribution in [2.75, 3.05) is 25.2 Å². The highest BCUT2D eigenvalue weighted by Crippen LogP contribution is 2.53. The molecule has 1 saturated carbocycles. The predicted octanol–water partition coefficient (Wildman–Crippen LogP) is 3.65. The second-order valence-corrected chi connectivity index (χ2v) is 8.90. The lowest BCUT2D eigenvalue weighted by Crippen LogP contribution is -2.43. The molecule has 1 aliphatic heterocycles. The van der Waals surface area contributed by atoms with Gasteiger partial charge in [-0.2, -0.15) is 0 Å². The number of rotatable bonds is 4. The summed E-state index contributed by atoms with van der Waals surface area (Å²) < 4.78 is 17.0. The van der Waals surface area contributed by atoms with Crippen LogP contribution in [0.3, 0.4) is 0 Å². The number of hydrogen-bond acceptors (Lipinski definition) is 3. The second-order valence-electron chi connectivity index (χ2n) is 7.46. The highest BCUT2D eigenvalue weighted by molar-refractivity contribution is 7.83. The second kappa shape index (κ2) is 7.00. The molecule has 2 aromatic rings. The van der Waals surface area contributed by atoms with E-state index in [1.54, 1.807) is 13.4 Å². The molecule has 1 fully saturated rings. The van der Waals surface area contributed by atoms with Gasteiger partial charge < -0.3 is 15.0 Å². The first-order valence-corrected chi connectivity index (χ1v) is 10.8. The van der Waals surface area contributed by atoms with E-state index >= 15 is 0 Å².